The van der Waals surface area contributed by atoms with E-state index in [1.54, 1.807) is 12.1 Å². The van der Waals surface area contributed by atoms with Crippen molar-refractivity contribution in [3.8, 4) is 0 Å². The second kappa shape index (κ2) is 6.35. The van der Waals surface area contributed by atoms with Crippen molar-refractivity contribution in [3.63, 3.8) is 0 Å². The summed E-state index contributed by atoms with van der Waals surface area (Å²) in [5.41, 5.74) is 0.992. The van der Waals surface area contributed by atoms with E-state index in [1.165, 1.54) is 6.20 Å². The predicted molar refractivity (Wildman–Crippen MR) is 93.2 cm³/mol. The van der Waals surface area contributed by atoms with E-state index in [1.807, 2.05) is 17.9 Å². The third-order valence-electron chi connectivity index (χ3n) is 4.30. The Morgan fingerprint density at radius 3 is 2.88 bits per heavy atom. The highest BCUT2D eigenvalue weighted by atomic mass is 79.9. The van der Waals surface area contributed by atoms with Crippen LogP contribution in [-0.4, -0.2) is 34.1 Å². The van der Waals surface area contributed by atoms with Gasteiger partial charge in [0.25, 0.3) is 0 Å². The zero-order valence-electron chi connectivity index (χ0n) is 13.0. The minimum Gasteiger partial charge on any atom is -0.481 e. The zero-order valence-corrected chi connectivity index (χ0v) is 14.6. The molecule has 1 N–H and O–H groups in total. The minimum atomic E-state index is -0.867. The van der Waals surface area contributed by atoms with Crippen molar-refractivity contribution < 1.29 is 14.8 Å². The first-order valence-corrected chi connectivity index (χ1v) is 8.36. The molecule has 1 aromatic heterocycles. The molecule has 7 nitrogen and oxygen atoms in total. The lowest BCUT2D eigenvalue weighted by molar-refractivity contribution is -0.384. The Morgan fingerprint density at radius 1 is 1.46 bits per heavy atom. The number of carboxylic acid groups (broad SMARTS) is 1. The van der Waals surface area contributed by atoms with E-state index in [9.17, 15) is 20.0 Å². The predicted octanol–water partition coefficient (Wildman–Crippen LogP) is 3.45. The highest BCUT2D eigenvalue weighted by molar-refractivity contribution is 9.10. The van der Waals surface area contributed by atoms with Gasteiger partial charge in [-0.3, -0.25) is 14.9 Å². The molecule has 2 unspecified atom stereocenters. The number of benzene rings is 1. The number of fused-ring (bicyclic) bond motifs is 1. The first kappa shape index (κ1) is 16.6. The molecule has 0 spiro atoms. The van der Waals surface area contributed by atoms with Crippen molar-refractivity contribution in [2.45, 2.75) is 13.3 Å². The highest BCUT2D eigenvalue weighted by Crippen LogP contribution is 2.39. The number of rotatable bonds is 3. The summed E-state index contributed by atoms with van der Waals surface area (Å²) in [7, 11) is 0. The van der Waals surface area contributed by atoms with Gasteiger partial charge in [0.15, 0.2) is 0 Å². The van der Waals surface area contributed by atoms with E-state index >= 15 is 0 Å². The van der Waals surface area contributed by atoms with Gasteiger partial charge in [-0.2, -0.15) is 0 Å². The maximum atomic E-state index is 11.5. The molecule has 1 aliphatic rings. The quantitative estimate of drug-likeness (QED) is 0.633. The van der Waals surface area contributed by atoms with Crippen LogP contribution < -0.4 is 4.90 Å². The Labute approximate surface area is 146 Å². The smallest absolute Gasteiger partial charge is 0.311 e. The Morgan fingerprint density at radius 2 is 2.21 bits per heavy atom. The molecule has 24 heavy (non-hydrogen) atoms. The molecule has 1 aromatic carbocycles. The third kappa shape index (κ3) is 3.06. The number of hydrogen-bond acceptors (Lipinski definition) is 5. The number of anilines is 1. The van der Waals surface area contributed by atoms with E-state index < -0.39 is 16.8 Å². The van der Waals surface area contributed by atoms with E-state index in [4.69, 9.17) is 0 Å². The second-order valence-electron chi connectivity index (χ2n) is 6.19. The van der Waals surface area contributed by atoms with Gasteiger partial charge in [-0.25, -0.2) is 4.98 Å². The van der Waals surface area contributed by atoms with Crippen LogP contribution in [0.1, 0.15) is 13.3 Å². The standard InChI is InChI=1S/C16H16BrN3O4/c1-9-4-10(16(21)22)8-19(7-9)15-12-5-11(17)2-3-13(12)18-6-14(15)20(23)24/h2-3,5-6,9-10H,4,7-8H2,1H3,(H,21,22). The van der Waals surface area contributed by atoms with Gasteiger partial charge in [-0.05, 0) is 30.5 Å². The first-order chi connectivity index (χ1) is 11.4. The Bertz CT molecular complexity index is 826. The van der Waals surface area contributed by atoms with Gasteiger partial charge >= 0.3 is 11.7 Å². The largest absolute Gasteiger partial charge is 0.481 e. The Kier molecular flexibility index (Phi) is 4.40. The Hall–Kier alpha value is -2.22. The number of carbonyl (C=O) groups is 1. The number of carboxylic acids is 1. The fraction of sp³-hybridized carbons (Fsp3) is 0.375. The molecule has 1 fully saturated rings. The molecule has 1 aliphatic heterocycles. The van der Waals surface area contributed by atoms with Crippen LogP contribution in [-0.2, 0) is 4.79 Å². The van der Waals surface area contributed by atoms with Gasteiger partial charge in [0.2, 0.25) is 0 Å². The van der Waals surface area contributed by atoms with Crippen LogP contribution in [0.25, 0.3) is 10.9 Å². The van der Waals surface area contributed by atoms with Crippen LogP contribution in [0.5, 0.6) is 0 Å². The summed E-state index contributed by atoms with van der Waals surface area (Å²) in [4.78, 5) is 28.5. The molecule has 8 heteroatoms. The maximum Gasteiger partial charge on any atom is 0.311 e. The van der Waals surface area contributed by atoms with Crippen molar-refractivity contribution in [2.75, 3.05) is 18.0 Å². The molecule has 0 aliphatic carbocycles. The number of piperidine rings is 1. The van der Waals surface area contributed by atoms with Gasteiger partial charge in [0.05, 0.1) is 16.4 Å². The lowest BCUT2D eigenvalue weighted by Crippen LogP contribution is -2.42. The van der Waals surface area contributed by atoms with Gasteiger partial charge < -0.3 is 10.0 Å². The van der Waals surface area contributed by atoms with Crippen LogP contribution in [0.3, 0.4) is 0 Å². The lowest BCUT2D eigenvalue weighted by Gasteiger charge is -2.36. The molecule has 0 bridgehead atoms. The van der Waals surface area contributed by atoms with Crippen LogP contribution in [0.15, 0.2) is 28.9 Å². The molecule has 0 radical (unpaired) electrons. The summed E-state index contributed by atoms with van der Waals surface area (Å²) in [6, 6.07) is 5.40. The number of hydrogen-bond donors (Lipinski definition) is 1. The van der Waals surface area contributed by atoms with Crippen LogP contribution >= 0.6 is 15.9 Å². The molecule has 0 saturated carbocycles. The average molecular weight is 394 g/mol. The number of nitrogens with zero attached hydrogens (tertiary/aromatic N) is 3. The SMILES string of the molecule is CC1CC(C(=O)O)CN(c2c([N+](=O)[O-])cnc3ccc(Br)cc23)C1. The molecule has 126 valence electrons. The van der Waals surface area contributed by atoms with Crippen molar-refractivity contribution in [1.82, 2.24) is 4.98 Å². The molecule has 0 amide bonds. The van der Waals surface area contributed by atoms with E-state index in [-0.39, 0.29) is 18.2 Å². The van der Waals surface area contributed by atoms with Crippen molar-refractivity contribution >= 4 is 44.2 Å². The summed E-state index contributed by atoms with van der Waals surface area (Å²) in [6.45, 7) is 2.80. The fourth-order valence-corrected chi connectivity index (χ4v) is 3.68. The van der Waals surface area contributed by atoms with Gasteiger partial charge in [-0.15, -0.1) is 0 Å². The van der Waals surface area contributed by atoms with Crippen LogP contribution in [0.4, 0.5) is 11.4 Å². The number of aromatic nitrogens is 1. The summed E-state index contributed by atoms with van der Waals surface area (Å²) in [5, 5.41) is 21.5. The van der Waals surface area contributed by atoms with Gasteiger partial charge in [-0.1, -0.05) is 22.9 Å². The van der Waals surface area contributed by atoms with Crippen molar-refractivity contribution in [3.05, 3.63) is 39.0 Å². The second-order valence-corrected chi connectivity index (χ2v) is 7.11. The molecule has 2 atom stereocenters. The number of pyridine rings is 1. The van der Waals surface area contributed by atoms with Gasteiger partial charge in [0, 0.05) is 22.9 Å². The lowest BCUT2D eigenvalue weighted by atomic mass is 9.90. The minimum absolute atomic E-state index is 0.0983. The fourth-order valence-electron chi connectivity index (χ4n) is 3.32. The van der Waals surface area contributed by atoms with Crippen molar-refractivity contribution in [1.29, 1.82) is 0 Å². The third-order valence-corrected chi connectivity index (χ3v) is 4.80. The normalized spacial score (nSPS) is 21.0. The highest BCUT2D eigenvalue weighted by Gasteiger charge is 2.33. The monoisotopic (exact) mass is 393 g/mol. The summed E-state index contributed by atoms with van der Waals surface area (Å²) >= 11 is 3.39. The van der Waals surface area contributed by atoms with Gasteiger partial charge in [0.1, 0.15) is 11.9 Å². The van der Waals surface area contributed by atoms with Crippen molar-refractivity contribution in [2.24, 2.45) is 11.8 Å². The molecule has 2 heterocycles. The molecular formula is C16H16BrN3O4. The van der Waals surface area contributed by atoms with Crippen LogP contribution in [0.2, 0.25) is 0 Å². The molecule has 3 rings (SSSR count). The molecule has 1 saturated heterocycles. The number of halogens is 1. The zero-order chi connectivity index (χ0) is 17.4. The Balaban J connectivity index is 2.18. The van der Waals surface area contributed by atoms with E-state index in [0.29, 0.717) is 29.6 Å². The van der Waals surface area contributed by atoms with Crippen LogP contribution in [0, 0.1) is 22.0 Å². The van der Waals surface area contributed by atoms with E-state index in [0.717, 1.165) is 4.47 Å². The summed E-state index contributed by atoms with van der Waals surface area (Å²) in [5.74, 6) is -1.27. The number of aliphatic carboxylic acids is 1. The maximum absolute atomic E-state index is 11.5. The number of nitro groups is 1. The average Bonchev–Trinajstić information content (AvgIpc) is 2.52. The topological polar surface area (TPSA) is 96.6 Å². The molecular weight excluding hydrogens is 378 g/mol. The molecule has 2 aromatic rings. The summed E-state index contributed by atoms with van der Waals surface area (Å²) in [6.07, 6.45) is 1.83. The van der Waals surface area contributed by atoms with E-state index in [2.05, 4.69) is 20.9 Å². The first-order valence-electron chi connectivity index (χ1n) is 7.57. The summed E-state index contributed by atoms with van der Waals surface area (Å²) < 4.78 is 0.790.